The van der Waals surface area contributed by atoms with Crippen LogP contribution in [0.3, 0.4) is 0 Å². The molecule has 0 radical (unpaired) electrons. The van der Waals surface area contributed by atoms with E-state index in [1.54, 1.807) is 24.3 Å². The highest BCUT2D eigenvalue weighted by Gasteiger charge is 2.17. The lowest BCUT2D eigenvalue weighted by Crippen LogP contribution is -2.07. The summed E-state index contributed by atoms with van der Waals surface area (Å²) in [5.41, 5.74) is 1.64. The average Bonchev–Trinajstić information content (AvgIpc) is 3.42. The molecule has 1 aliphatic rings. The highest BCUT2D eigenvalue weighted by Crippen LogP contribution is 2.36. The van der Waals surface area contributed by atoms with Crippen LogP contribution in [0.2, 0.25) is 0 Å². The Hall–Kier alpha value is -3.68. The van der Waals surface area contributed by atoms with Crippen LogP contribution in [0.15, 0.2) is 47.0 Å². The summed E-state index contributed by atoms with van der Waals surface area (Å²) in [5, 5.41) is 3.97. The van der Waals surface area contributed by atoms with E-state index < -0.39 is 5.97 Å². The molecule has 0 fully saturated rings. The summed E-state index contributed by atoms with van der Waals surface area (Å²) in [6, 6.07) is 12.1. The molecule has 1 aromatic heterocycles. The second-order valence-corrected chi connectivity index (χ2v) is 6.35. The predicted molar refractivity (Wildman–Crippen MR) is 106 cm³/mol. The zero-order valence-corrected chi connectivity index (χ0v) is 16.7. The quantitative estimate of drug-likeness (QED) is 0.509. The van der Waals surface area contributed by atoms with Gasteiger partial charge in [-0.25, -0.2) is 4.79 Å². The summed E-state index contributed by atoms with van der Waals surface area (Å²) in [6.45, 7) is 4.88. The van der Waals surface area contributed by atoms with E-state index in [1.165, 1.54) is 0 Å². The van der Waals surface area contributed by atoms with Crippen LogP contribution in [-0.2, 0) is 11.3 Å². The van der Waals surface area contributed by atoms with E-state index in [-0.39, 0.29) is 13.4 Å². The molecule has 4 rings (SSSR count). The summed E-state index contributed by atoms with van der Waals surface area (Å²) in [6.07, 6.45) is 0. The van der Waals surface area contributed by atoms with Crippen molar-refractivity contribution in [3.63, 3.8) is 0 Å². The number of carbonyl (C=O) groups is 1. The first-order chi connectivity index (χ1) is 14.7. The lowest BCUT2D eigenvalue weighted by Gasteiger charge is -2.12. The van der Waals surface area contributed by atoms with Crippen molar-refractivity contribution in [2.24, 2.45) is 0 Å². The van der Waals surface area contributed by atoms with E-state index in [1.807, 2.05) is 32.0 Å². The molecular formula is C22H21NO7. The highest BCUT2D eigenvalue weighted by molar-refractivity contribution is 5.90. The lowest BCUT2D eigenvalue weighted by atomic mass is 10.1. The van der Waals surface area contributed by atoms with Gasteiger partial charge in [-0.2, -0.15) is 0 Å². The van der Waals surface area contributed by atoms with Crippen LogP contribution in [0.5, 0.6) is 23.0 Å². The maximum absolute atomic E-state index is 12.4. The molecule has 0 unspecified atom stereocenters. The number of nitrogens with zero attached hydrogens (tertiary/aromatic N) is 1. The zero-order valence-electron chi connectivity index (χ0n) is 16.7. The maximum atomic E-state index is 12.4. The van der Waals surface area contributed by atoms with Crippen molar-refractivity contribution in [1.82, 2.24) is 5.16 Å². The Morgan fingerprint density at radius 2 is 1.77 bits per heavy atom. The fraction of sp³-hybridized carbons (Fsp3) is 0.273. The molecule has 0 bridgehead atoms. The molecule has 0 atom stereocenters. The first kappa shape index (κ1) is 19.6. The normalized spacial score (nSPS) is 11.9. The van der Waals surface area contributed by atoms with Crippen LogP contribution in [0.25, 0.3) is 11.3 Å². The van der Waals surface area contributed by atoms with Gasteiger partial charge >= 0.3 is 5.97 Å². The van der Waals surface area contributed by atoms with E-state index in [0.29, 0.717) is 53.2 Å². The van der Waals surface area contributed by atoms with Gasteiger partial charge in [-0.1, -0.05) is 5.16 Å². The van der Waals surface area contributed by atoms with Gasteiger partial charge in [0, 0.05) is 11.6 Å². The Bertz CT molecular complexity index is 1040. The molecule has 0 saturated carbocycles. The number of benzene rings is 2. The number of carbonyl (C=O) groups excluding carboxylic acids is 1. The van der Waals surface area contributed by atoms with Gasteiger partial charge in [0.05, 0.1) is 18.8 Å². The molecule has 0 amide bonds. The third kappa shape index (κ3) is 4.17. The Balaban J connectivity index is 1.41. The molecule has 0 spiro atoms. The number of hydrogen-bond acceptors (Lipinski definition) is 8. The third-order valence-electron chi connectivity index (χ3n) is 4.35. The molecule has 8 nitrogen and oxygen atoms in total. The largest absolute Gasteiger partial charge is 0.490 e. The Morgan fingerprint density at radius 3 is 2.60 bits per heavy atom. The van der Waals surface area contributed by atoms with Crippen molar-refractivity contribution in [2.75, 3.05) is 20.0 Å². The van der Waals surface area contributed by atoms with Crippen molar-refractivity contribution >= 4 is 5.97 Å². The van der Waals surface area contributed by atoms with Crippen molar-refractivity contribution in [2.45, 2.75) is 20.5 Å². The van der Waals surface area contributed by atoms with Crippen LogP contribution in [0.4, 0.5) is 0 Å². The average molecular weight is 411 g/mol. The standard InChI is InChI=1S/C22H21NO7/c1-3-25-17-8-6-15(10-20(17)26-4-2)22(24)27-12-16-11-19(30-23-16)14-5-7-18-21(9-14)29-13-28-18/h5-11H,3-4,12-13H2,1-2H3. The number of aromatic nitrogens is 1. The van der Waals surface area contributed by atoms with Crippen LogP contribution < -0.4 is 18.9 Å². The molecule has 8 heteroatoms. The van der Waals surface area contributed by atoms with E-state index in [9.17, 15) is 4.79 Å². The van der Waals surface area contributed by atoms with Crippen LogP contribution in [-0.4, -0.2) is 31.1 Å². The SMILES string of the molecule is CCOc1ccc(C(=O)OCc2cc(-c3ccc4c(c3)OCO4)on2)cc1OCC. The number of fused-ring (bicyclic) bond motifs is 1. The van der Waals surface area contributed by atoms with Crippen molar-refractivity contribution in [3.8, 4) is 34.3 Å². The molecule has 0 N–H and O–H groups in total. The van der Waals surface area contributed by atoms with Crippen molar-refractivity contribution in [3.05, 3.63) is 53.7 Å². The van der Waals surface area contributed by atoms with Gasteiger partial charge in [-0.3, -0.25) is 0 Å². The highest BCUT2D eigenvalue weighted by atomic mass is 16.7. The molecule has 0 saturated heterocycles. The Labute approximate surface area is 173 Å². The van der Waals surface area contributed by atoms with Gasteiger partial charge in [0.1, 0.15) is 12.3 Å². The van der Waals surface area contributed by atoms with Crippen molar-refractivity contribution < 1.29 is 33.0 Å². The maximum Gasteiger partial charge on any atom is 0.338 e. The summed E-state index contributed by atoms with van der Waals surface area (Å²) >= 11 is 0. The van der Waals surface area contributed by atoms with Crippen molar-refractivity contribution in [1.29, 1.82) is 0 Å². The number of ether oxygens (including phenoxy) is 5. The van der Waals surface area contributed by atoms with Gasteiger partial charge in [0.2, 0.25) is 6.79 Å². The monoisotopic (exact) mass is 411 g/mol. The molecule has 1 aliphatic heterocycles. The third-order valence-corrected chi connectivity index (χ3v) is 4.35. The van der Waals surface area contributed by atoms with Gasteiger partial charge in [-0.15, -0.1) is 0 Å². The van der Waals surface area contributed by atoms with Crippen LogP contribution in [0.1, 0.15) is 29.9 Å². The summed E-state index contributed by atoms with van der Waals surface area (Å²) in [5.74, 6) is 2.47. The number of hydrogen-bond donors (Lipinski definition) is 0. The van der Waals surface area contributed by atoms with E-state index in [4.69, 9.17) is 28.2 Å². The minimum atomic E-state index is -0.494. The second kappa shape index (κ2) is 8.77. The molecule has 3 aromatic rings. The Morgan fingerprint density at radius 1 is 0.967 bits per heavy atom. The summed E-state index contributed by atoms with van der Waals surface area (Å²) in [4.78, 5) is 12.4. The number of rotatable bonds is 8. The van der Waals surface area contributed by atoms with Gasteiger partial charge in [0.25, 0.3) is 0 Å². The molecule has 0 aliphatic carbocycles. The predicted octanol–water partition coefficient (Wildman–Crippen LogP) is 4.22. The minimum Gasteiger partial charge on any atom is -0.490 e. The van der Waals surface area contributed by atoms with Crippen LogP contribution >= 0.6 is 0 Å². The molecule has 2 aromatic carbocycles. The molecule has 156 valence electrons. The van der Waals surface area contributed by atoms with Gasteiger partial charge in [0.15, 0.2) is 28.8 Å². The van der Waals surface area contributed by atoms with Gasteiger partial charge < -0.3 is 28.2 Å². The van der Waals surface area contributed by atoms with E-state index >= 15 is 0 Å². The smallest absolute Gasteiger partial charge is 0.338 e. The van der Waals surface area contributed by atoms with Crippen LogP contribution in [0, 0.1) is 0 Å². The fourth-order valence-electron chi connectivity index (χ4n) is 2.97. The lowest BCUT2D eigenvalue weighted by molar-refractivity contribution is 0.0463. The number of esters is 1. The topological polar surface area (TPSA) is 89.3 Å². The summed E-state index contributed by atoms with van der Waals surface area (Å²) in [7, 11) is 0. The molecular weight excluding hydrogens is 390 g/mol. The minimum absolute atomic E-state index is 0.0237. The Kier molecular flexibility index (Phi) is 5.74. The summed E-state index contributed by atoms with van der Waals surface area (Å²) < 4.78 is 32.5. The molecule has 30 heavy (non-hydrogen) atoms. The second-order valence-electron chi connectivity index (χ2n) is 6.35. The van der Waals surface area contributed by atoms with E-state index in [0.717, 1.165) is 5.56 Å². The first-order valence-electron chi connectivity index (χ1n) is 9.60. The fourth-order valence-corrected chi connectivity index (χ4v) is 2.97. The molecule has 2 heterocycles. The zero-order chi connectivity index (χ0) is 20.9. The van der Waals surface area contributed by atoms with E-state index in [2.05, 4.69) is 5.16 Å². The van der Waals surface area contributed by atoms with Gasteiger partial charge in [-0.05, 0) is 50.2 Å². The first-order valence-corrected chi connectivity index (χ1v) is 9.60.